The normalized spacial score (nSPS) is 12.6. The molecule has 0 saturated carbocycles. The molecule has 0 bridgehead atoms. The third kappa shape index (κ3) is 9.05. The summed E-state index contributed by atoms with van der Waals surface area (Å²) < 4.78 is 30.1. The van der Waals surface area contributed by atoms with E-state index in [1.165, 1.54) is 4.90 Å². The van der Waals surface area contributed by atoms with Crippen LogP contribution in [0, 0.1) is 13.8 Å². The van der Waals surface area contributed by atoms with E-state index in [1.54, 1.807) is 48.5 Å². The van der Waals surface area contributed by atoms with Gasteiger partial charge in [0, 0.05) is 23.5 Å². The number of aryl methyl sites for hydroxylation is 2. The molecule has 0 aromatic heterocycles. The van der Waals surface area contributed by atoms with Gasteiger partial charge >= 0.3 is 0 Å². The zero-order chi connectivity index (χ0) is 32.6. The number of rotatable bonds is 13. The van der Waals surface area contributed by atoms with E-state index in [4.69, 9.17) is 0 Å². The fourth-order valence-corrected chi connectivity index (χ4v) is 6.79. The summed E-state index contributed by atoms with van der Waals surface area (Å²) in [7, 11) is -4.16. The van der Waals surface area contributed by atoms with Crippen LogP contribution >= 0.6 is 15.9 Å². The van der Waals surface area contributed by atoms with Crippen molar-refractivity contribution in [3.8, 4) is 0 Å². The van der Waals surface area contributed by atoms with E-state index in [0.717, 1.165) is 33.0 Å². The number of hydrogen-bond acceptors (Lipinski definition) is 4. The number of anilines is 1. The number of nitrogens with one attached hydrogen (secondary N) is 1. The van der Waals surface area contributed by atoms with Crippen molar-refractivity contribution in [2.24, 2.45) is 0 Å². The Kier molecular flexibility index (Phi) is 11.6. The average molecular weight is 691 g/mol. The monoisotopic (exact) mass is 689 g/mol. The average Bonchev–Trinajstić information content (AvgIpc) is 3.02. The van der Waals surface area contributed by atoms with Crippen LogP contribution < -0.4 is 9.62 Å². The highest BCUT2D eigenvalue weighted by Gasteiger charge is 2.35. The van der Waals surface area contributed by atoms with Gasteiger partial charge in [-0.25, -0.2) is 8.42 Å². The lowest BCUT2D eigenvalue weighted by Gasteiger charge is -2.34. The van der Waals surface area contributed by atoms with E-state index in [1.807, 2.05) is 82.3 Å². The van der Waals surface area contributed by atoms with E-state index in [-0.39, 0.29) is 29.8 Å². The molecule has 0 spiro atoms. The standard InChI is InChI=1S/C36H40BrN3O4S/c1-5-28(4)38-36(42)34(22-29-12-7-6-8-13-29)39(24-30-14-9-11-27(3)21-30)35(41)25-40(32-16-10-15-31(37)23-32)45(43,44)33-19-17-26(2)18-20-33/h6-21,23,28,34H,5,22,24-25H2,1-4H3,(H,38,42). The van der Waals surface area contributed by atoms with E-state index in [0.29, 0.717) is 10.2 Å². The van der Waals surface area contributed by atoms with Crippen LogP contribution in [-0.2, 0) is 32.6 Å². The van der Waals surface area contributed by atoms with Crippen molar-refractivity contribution in [3.63, 3.8) is 0 Å². The molecule has 2 amide bonds. The number of carbonyl (C=O) groups excluding carboxylic acids is 2. The molecule has 45 heavy (non-hydrogen) atoms. The summed E-state index contributed by atoms with van der Waals surface area (Å²) in [4.78, 5) is 30.1. The van der Waals surface area contributed by atoms with Crippen LogP contribution in [0.1, 0.15) is 42.5 Å². The molecule has 2 unspecified atom stereocenters. The minimum absolute atomic E-state index is 0.0708. The zero-order valence-corrected chi connectivity index (χ0v) is 28.5. The fourth-order valence-electron chi connectivity index (χ4n) is 5.00. The molecule has 0 heterocycles. The molecule has 0 aliphatic carbocycles. The van der Waals surface area contributed by atoms with Crippen LogP contribution in [0.2, 0.25) is 0 Å². The van der Waals surface area contributed by atoms with E-state index in [9.17, 15) is 18.0 Å². The Balaban J connectivity index is 1.81. The Morgan fingerprint density at radius 2 is 1.49 bits per heavy atom. The predicted molar refractivity (Wildman–Crippen MR) is 183 cm³/mol. The summed E-state index contributed by atoms with van der Waals surface area (Å²) in [5.41, 5.74) is 3.99. The largest absolute Gasteiger partial charge is 0.352 e. The lowest BCUT2D eigenvalue weighted by atomic mass is 10.0. The van der Waals surface area contributed by atoms with Gasteiger partial charge in [0.2, 0.25) is 11.8 Å². The molecule has 4 aromatic carbocycles. The Labute approximate surface area is 275 Å². The second-order valence-corrected chi connectivity index (χ2v) is 14.1. The van der Waals surface area contributed by atoms with Gasteiger partial charge in [-0.2, -0.15) is 0 Å². The molecule has 4 aromatic rings. The summed E-state index contributed by atoms with van der Waals surface area (Å²) in [6.07, 6.45) is 0.989. The summed E-state index contributed by atoms with van der Waals surface area (Å²) in [5.74, 6) is -0.781. The molecule has 1 N–H and O–H groups in total. The first-order valence-corrected chi connectivity index (χ1v) is 17.3. The van der Waals surface area contributed by atoms with Crippen LogP contribution in [0.5, 0.6) is 0 Å². The highest BCUT2D eigenvalue weighted by Crippen LogP contribution is 2.27. The maximum Gasteiger partial charge on any atom is 0.264 e. The van der Waals surface area contributed by atoms with Crippen LogP contribution in [0.25, 0.3) is 0 Å². The second-order valence-electron chi connectivity index (χ2n) is 11.3. The van der Waals surface area contributed by atoms with Gasteiger partial charge in [-0.1, -0.05) is 107 Å². The minimum atomic E-state index is -4.16. The number of sulfonamides is 1. The molecule has 2 atom stereocenters. The van der Waals surface area contributed by atoms with Gasteiger partial charge in [-0.15, -0.1) is 0 Å². The van der Waals surface area contributed by atoms with E-state index >= 15 is 0 Å². The zero-order valence-electron chi connectivity index (χ0n) is 26.1. The maximum atomic E-state index is 14.6. The van der Waals surface area contributed by atoms with Crippen molar-refractivity contribution in [2.75, 3.05) is 10.8 Å². The van der Waals surface area contributed by atoms with E-state index < -0.39 is 28.5 Å². The van der Waals surface area contributed by atoms with Crippen molar-refractivity contribution in [1.29, 1.82) is 0 Å². The molecule has 9 heteroatoms. The lowest BCUT2D eigenvalue weighted by molar-refractivity contribution is -0.140. The van der Waals surface area contributed by atoms with Gasteiger partial charge in [0.05, 0.1) is 10.6 Å². The van der Waals surface area contributed by atoms with Crippen LogP contribution in [0.15, 0.2) is 112 Å². The molecule has 0 aliphatic heterocycles. The predicted octanol–water partition coefficient (Wildman–Crippen LogP) is 6.82. The van der Waals surface area contributed by atoms with Gasteiger partial charge in [0.15, 0.2) is 0 Å². The summed E-state index contributed by atoms with van der Waals surface area (Å²) >= 11 is 3.45. The van der Waals surface area contributed by atoms with Crippen molar-refractivity contribution < 1.29 is 18.0 Å². The Bertz CT molecular complexity index is 1710. The second kappa shape index (κ2) is 15.4. The van der Waals surface area contributed by atoms with Crippen molar-refractivity contribution >= 4 is 43.5 Å². The molecule has 236 valence electrons. The highest BCUT2D eigenvalue weighted by atomic mass is 79.9. The number of carbonyl (C=O) groups is 2. The van der Waals surface area contributed by atoms with Crippen LogP contribution in [0.4, 0.5) is 5.69 Å². The van der Waals surface area contributed by atoms with Gasteiger partial charge < -0.3 is 10.2 Å². The third-order valence-electron chi connectivity index (χ3n) is 7.69. The first-order valence-electron chi connectivity index (χ1n) is 15.0. The first-order chi connectivity index (χ1) is 21.5. The topological polar surface area (TPSA) is 86.8 Å². The Morgan fingerprint density at radius 1 is 0.822 bits per heavy atom. The highest BCUT2D eigenvalue weighted by molar-refractivity contribution is 9.10. The summed E-state index contributed by atoms with van der Waals surface area (Å²) in [6, 6.07) is 29.7. The molecular weight excluding hydrogens is 650 g/mol. The molecule has 0 radical (unpaired) electrons. The molecule has 4 rings (SSSR count). The first kappa shape index (κ1) is 33.9. The number of nitrogens with zero attached hydrogens (tertiary/aromatic N) is 2. The van der Waals surface area contributed by atoms with Gasteiger partial charge in [0.25, 0.3) is 10.0 Å². The van der Waals surface area contributed by atoms with Crippen LogP contribution in [-0.4, -0.2) is 43.8 Å². The quantitative estimate of drug-likeness (QED) is 0.167. The number of halogens is 1. The SMILES string of the molecule is CCC(C)NC(=O)C(Cc1ccccc1)N(Cc1cccc(C)c1)C(=O)CN(c1cccc(Br)c1)S(=O)(=O)c1ccc(C)cc1. The molecule has 7 nitrogen and oxygen atoms in total. The van der Waals surface area contributed by atoms with Crippen molar-refractivity contribution in [3.05, 3.63) is 130 Å². The molecule has 0 saturated heterocycles. The third-order valence-corrected chi connectivity index (χ3v) is 9.97. The van der Waals surface area contributed by atoms with Crippen LogP contribution in [0.3, 0.4) is 0 Å². The molecule has 0 aliphatic rings. The summed E-state index contributed by atoms with van der Waals surface area (Å²) in [5, 5.41) is 3.07. The smallest absolute Gasteiger partial charge is 0.264 e. The maximum absolute atomic E-state index is 14.6. The van der Waals surface area contributed by atoms with Crippen molar-refractivity contribution in [1.82, 2.24) is 10.2 Å². The van der Waals surface area contributed by atoms with E-state index in [2.05, 4.69) is 21.2 Å². The fraction of sp³-hybridized carbons (Fsp3) is 0.278. The van der Waals surface area contributed by atoms with Gasteiger partial charge in [-0.3, -0.25) is 13.9 Å². The van der Waals surface area contributed by atoms with Gasteiger partial charge in [-0.05, 0) is 68.7 Å². The Morgan fingerprint density at radius 3 is 2.13 bits per heavy atom. The minimum Gasteiger partial charge on any atom is -0.352 e. The summed E-state index contributed by atoms with van der Waals surface area (Å²) in [6.45, 7) is 7.39. The molecule has 0 fully saturated rings. The molecular formula is C36H40BrN3O4S. The number of amides is 2. The Hall–Kier alpha value is -3.95. The number of benzene rings is 4. The lowest BCUT2D eigenvalue weighted by Crippen LogP contribution is -2.54. The van der Waals surface area contributed by atoms with Gasteiger partial charge in [0.1, 0.15) is 12.6 Å². The number of hydrogen-bond donors (Lipinski definition) is 1. The van der Waals surface area contributed by atoms with Crippen molar-refractivity contribution in [2.45, 2.75) is 64.1 Å².